The van der Waals surface area contributed by atoms with Crippen LogP contribution in [0.15, 0.2) is 29.1 Å². The standard InChI is InChI=1S/C14H16N2O2/c1-9(10-7-8-10)18-14-15-12-6-4-3-5-11(12)13(17)16(14)2/h3-6,9-10H,7-8H2,1-2H3. The maximum Gasteiger partial charge on any atom is 0.299 e. The molecule has 2 aromatic rings. The molecule has 1 atom stereocenters. The number of rotatable bonds is 3. The van der Waals surface area contributed by atoms with Crippen LogP contribution in [-0.4, -0.2) is 15.7 Å². The van der Waals surface area contributed by atoms with E-state index in [2.05, 4.69) is 4.98 Å². The first-order valence-electron chi connectivity index (χ1n) is 6.29. The van der Waals surface area contributed by atoms with Crippen molar-refractivity contribution in [1.82, 2.24) is 9.55 Å². The summed E-state index contributed by atoms with van der Waals surface area (Å²) < 4.78 is 7.30. The van der Waals surface area contributed by atoms with Crippen LogP contribution in [0.25, 0.3) is 10.9 Å². The molecule has 1 aliphatic carbocycles. The molecule has 4 nitrogen and oxygen atoms in total. The summed E-state index contributed by atoms with van der Waals surface area (Å²) >= 11 is 0. The summed E-state index contributed by atoms with van der Waals surface area (Å²) in [6, 6.07) is 7.77. The normalized spacial score (nSPS) is 16.8. The number of para-hydroxylation sites is 1. The summed E-state index contributed by atoms with van der Waals surface area (Å²) in [7, 11) is 1.71. The van der Waals surface area contributed by atoms with Gasteiger partial charge in [-0.1, -0.05) is 12.1 Å². The van der Waals surface area contributed by atoms with E-state index in [9.17, 15) is 4.79 Å². The zero-order valence-corrected chi connectivity index (χ0v) is 10.6. The van der Waals surface area contributed by atoms with Crippen LogP contribution < -0.4 is 10.3 Å². The first-order valence-corrected chi connectivity index (χ1v) is 6.29. The third-order valence-corrected chi connectivity index (χ3v) is 3.52. The van der Waals surface area contributed by atoms with E-state index in [1.165, 1.54) is 17.4 Å². The fraction of sp³-hybridized carbons (Fsp3) is 0.429. The highest BCUT2D eigenvalue weighted by atomic mass is 16.5. The summed E-state index contributed by atoms with van der Waals surface area (Å²) in [6.07, 6.45) is 2.55. The van der Waals surface area contributed by atoms with Crippen LogP contribution in [0.3, 0.4) is 0 Å². The molecule has 1 aromatic heterocycles. The first kappa shape index (κ1) is 11.3. The lowest BCUT2D eigenvalue weighted by molar-refractivity contribution is 0.173. The minimum Gasteiger partial charge on any atom is -0.461 e. The lowest BCUT2D eigenvalue weighted by Gasteiger charge is -2.15. The Hall–Kier alpha value is -1.84. The van der Waals surface area contributed by atoms with Gasteiger partial charge in [0.15, 0.2) is 0 Å². The number of hydrogen-bond acceptors (Lipinski definition) is 3. The van der Waals surface area contributed by atoms with Crippen molar-refractivity contribution >= 4 is 10.9 Å². The molecule has 94 valence electrons. The van der Waals surface area contributed by atoms with Crippen molar-refractivity contribution in [3.05, 3.63) is 34.6 Å². The van der Waals surface area contributed by atoms with Crippen molar-refractivity contribution in [2.24, 2.45) is 13.0 Å². The Morgan fingerprint density at radius 3 is 2.83 bits per heavy atom. The maximum atomic E-state index is 12.2. The van der Waals surface area contributed by atoms with E-state index in [0.29, 0.717) is 22.8 Å². The minimum atomic E-state index is -0.0569. The molecule has 1 aromatic carbocycles. The van der Waals surface area contributed by atoms with Crippen molar-refractivity contribution in [2.45, 2.75) is 25.9 Å². The van der Waals surface area contributed by atoms with Crippen LogP contribution in [0.5, 0.6) is 6.01 Å². The molecule has 4 heteroatoms. The number of aromatic nitrogens is 2. The Kier molecular flexibility index (Phi) is 2.58. The van der Waals surface area contributed by atoms with Crippen molar-refractivity contribution in [3.8, 4) is 6.01 Å². The molecule has 1 saturated carbocycles. The highest BCUT2D eigenvalue weighted by molar-refractivity contribution is 5.77. The van der Waals surface area contributed by atoms with Crippen molar-refractivity contribution in [3.63, 3.8) is 0 Å². The van der Waals surface area contributed by atoms with Gasteiger partial charge in [-0.25, -0.2) is 0 Å². The van der Waals surface area contributed by atoms with Crippen LogP contribution in [0.4, 0.5) is 0 Å². The Balaban J connectivity index is 2.06. The van der Waals surface area contributed by atoms with Gasteiger partial charge >= 0.3 is 0 Å². The van der Waals surface area contributed by atoms with E-state index in [-0.39, 0.29) is 11.7 Å². The Bertz CT molecular complexity index is 644. The zero-order chi connectivity index (χ0) is 12.7. The van der Waals surface area contributed by atoms with Gasteiger partial charge < -0.3 is 4.74 Å². The second kappa shape index (κ2) is 4.12. The van der Waals surface area contributed by atoms with E-state index < -0.39 is 0 Å². The summed E-state index contributed by atoms with van der Waals surface area (Å²) in [5.41, 5.74) is 0.636. The second-order valence-corrected chi connectivity index (χ2v) is 4.94. The number of benzene rings is 1. The van der Waals surface area contributed by atoms with Gasteiger partial charge in [-0.2, -0.15) is 4.98 Å². The van der Waals surface area contributed by atoms with Crippen LogP contribution in [0.2, 0.25) is 0 Å². The van der Waals surface area contributed by atoms with Crippen molar-refractivity contribution < 1.29 is 4.74 Å². The summed E-state index contributed by atoms with van der Waals surface area (Å²) in [5, 5.41) is 0.631. The molecule has 3 rings (SSSR count). The quantitative estimate of drug-likeness (QED) is 0.830. The van der Waals surface area contributed by atoms with Crippen molar-refractivity contribution in [1.29, 1.82) is 0 Å². The highest BCUT2D eigenvalue weighted by Crippen LogP contribution is 2.34. The Morgan fingerprint density at radius 1 is 1.39 bits per heavy atom. The zero-order valence-electron chi connectivity index (χ0n) is 10.6. The Labute approximate surface area is 105 Å². The Morgan fingerprint density at radius 2 is 2.11 bits per heavy atom. The van der Waals surface area contributed by atoms with E-state index in [1.807, 2.05) is 25.1 Å². The molecule has 0 spiro atoms. The van der Waals surface area contributed by atoms with Crippen LogP contribution in [-0.2, 0) is 7.05 Å². The number of fused-ring (bicyclic) bond motifs is 1. The van der Waals surface area contributed by atoms with Crippen molar-refractivity contribution in [2.75, 3.05) is 0 Å². The van der Waals surface area contributed by atoms with Gasteiger partial charge in [0.05, 0.1) is 10.9 Å². The number of ether oxygens (including phenoxy) is 1. The lowest BCUT2D eigenvalue weighted by Crippen LogP contribution is -2.24. The topological polar surface area (TPSA) is 44.1 Å². The number of hydrogen-bond donors (Lipinski definition) is 0. The van der Waals surface area contributed by atoms with Gasteiger partial charge in [0.2, 0.25) is 0 Å². The average molecular weight is 244 g/mol. The third-order valence-electron chi connectivity index (χ3n) is 3.52. The molecule has 0 aliphatic heterocycles. The summed E-state index contributed by atoms with van der Waals surface area (Å²) in [4.78, 5) is 16.6. The monoisotopic (exact) mass is 244 g/mol. The van der Waals surface area contributed by atoms with Gasteiger partial charge in [-0.15, -0.1) is 0 Å². The van der Waals surface area contributed by atoms with E-state index >= 15 is 0 Å². The van der Waals surface area contributed by atoms with Crippen LogP contribution >= 0.6 is 0 Å². The molecule has 0 bridgehead atoms. The first-order chi connectivity index (χ1) is 8.66. The van der Waals surface area contributed by atoms with Gasteiger partial charge in [-0.05, 0) is 37.8 Å². The second-order valence-electron chi connectivity index (χ2n) is 4.94. The predicted molar refractivity (Wildman–Crippen MR) is 69.8 cm³/mol. The number of nitrogens with zero attached hydrogens (tertiary/aromatic N) is 2. The molecule has 1 heterocycles. The van der Waals surface area contributed by atoms with E-state index in [0.717, 1.165) is 0 Å². The fourth-order valence-corrected chi connectivity index (χ4v) is 2.13. The lowest BCUT2D eigenvalue weighted by atomic mass is 10.2. The smallest absolute Gasteiger partial charge is 0.299 e. The fourth-order valence-electron chi connectivity index (χ4n) is 2.13. The predicted octanol–water partition coefficient (Wildman–Crippen LogP) is 2.11. The summed E-state index contributed by atoms with van der Waals surface area (Å²) in [6.45, 7) is 2.04. The molecule has 0 saturated heterocycles. The largest absolute Gasteiger partial charge is 0.461 e. The minimum absolute atomic E-state index is 0.0569. The average Bonchev–Trinajstić information content (AvgIpc) is 3.20. The van der Waals surface area contributed by atoms with Gasteiger partial charge in [0, 0.05) is 7.05 Å². The molecule has 0 N–H and O–H groups in total. The third kappa shape index (κ3) is 1.88. The molecule has 1 aliphatic rings. The molecule has 0 radical (unpaired) electrons. The molecule has 0 amide bonds. The van der Waals surface area contributed by atoms with Crippen LogP contribution in [0.1, 0.15) is 19.8 Å². The van der Waals surface area contributed by atoms with Gasteiger partial charge in [0.1, 0.15) is 6.10 Å². The van der Waals surface area contributed by atoms with E-state index in [4.69, 9.17) is 4.74 Å². The SMILES string of the molecule is CC(Oc1nc2ccccc2c(=O)n1C)C1CC1. The molecular formula is C14H16N2O2. The van der Waals surface area contributed by atoms with Gasteiger partial charge in [0.25, 0.3) is 11.6 Å². The molecule has 18 heavy (non-hydrogen) atoms. The van der Waals surface area contributed by atoms with E-state index in [1.54, 1.807) is 13.1 Å². The maximum absolute atomic E-state index is 12.2. The highest BCUT2D eigenvalue weighted by Gasteiger charge is 2.30. The van der Waals surface area contributed by atoms with Crippen LogP contribution in [0, 0.1) is 5.92 Å². The summed E-state index contributed by atoms with van der Waals surface area (Å²) in [5.74, 6) is 0.619. The molecule has 1 unspecified atom stereocenters. The molecular weight excluding hydrogens is 228 g/mol. The molecule has 1 fully saturated rings. The van der Waals surface area contributed by atoms with Gasteiger partial charge in [-0.3, -0.25) is 9.36 Å².